The molecule has 1 heterocycles. The number of halogens is 4. The highest BCUT2D eigenvalue weighted by Crippen LogP contribution is 2.30. The lowest BCUT2D eigenvalue weighted by Gasteiger charge is -2.23. The molecule has 1 aromatic rings. The van der Waals surface area contributed by atoms with E-state index in [-0.39, 0.29) is 36.7 Å². The Morgan fingerprint density at radius 3 is 2.55 bits per heavy atom. The van der Waals surface area contributed by atoms with Crippen LogP contribution in [0.5, 0.6) is 5.75 Å². The first kappa shape index (κ1) is 18.6. The van der Waals surface area contributed by atoms with Crippen LogP contribution in [0.1, 0.15) is 18.4 Å². The lowest BCUT2D eigenvalue weighted by Crippen LogP contribution is -2.46. The van der Waals surface area contributed by atoms with Crippen molar-refractivity contribution >= 4 is 18.3 Å². The molecule has 0 radical (unpaired) electrons. The monoisotopic (exact) mass is 338 g/mol. The highest BCUT2D eigenvalue weighted by molar-refractivity contribution is 5.85. The number of carbonyl (C=O) groups is 1. The van der Waals surface area contributed by atoms with Gasteiger partial charge in [-0.2, -0.15) is 13.2 Å². The molecule has 1 amide bonds. The van der Waals surface area contributed by atoms with Crippen LogP contribution in [0.25, 0.3) is 0 Å². The van der Waals surface area contributed by atoms with Crippen LogP contribution >= 0.6 is 12.4 Å². The SMILES string of the molecule is Cl.O=C(COc1ccc(C(F)(F)F)cc1)N[C@H]1CCCNC1. The molecule has 2 N–H and O–H groups in total. The van der Waals surface area contributed by atoms with Crippen LogP contribution in [0.2, 0.25) is 0 Å². The van der Waals surface area contributed by atoms with Crippen LogP contribution < -0.4 is 15.4 Å². The van der Waals surface area contributed by atoms with Gasteiger partial charge in [-0.1, -0.05) is 0 Å². The average molecular weight is 339 g/mol. The fraction of sp³-hybridized carbons (Fsp3) is 0.500. The second-order valence-corrected chi connectivity index (χ2v) is 4.92. The first-order valence-corrected chi connectivity index (χ1v) is 6.75. The van der Waals surface area contributed by atoms with Crippen molar-refractivity contribution in [3.05, 3.63) is 29.8 Å². The Bertz CT molecular complexity index is 474. The quantitative estimate of drug-likeness (QED) is 0.886. The minimum atomic E-state index is -4.37. The predicted octanol–water partition coefficient (Wildman–Crippen LogP) is 2.37. The number of nitrogens with one attached hydrogen (secondary N) is 2. The molecule has 1 atom stereocenters. The van der Waals surface area contributed by atoms with E-state index in [1.54, 1.807) is 0 Å². The number of carbonyl (C=O) groups excluding carboxylic acids is 1. The van der Waals surface area contributed by atoms with E-state index in [9.17, 15) is 18.0 Å². The van der Waals surface area contributed by atoms with Crippen molar-refractivity contribution in [1.29, 1.82) is 0 Å². The van der Waals surface area contributed by atoms with E-state index >= 15 is 0 Å². The zero-order chi connectivity index (χ0) is 15.3. The van der Waals surface area contributed by atoms with Gasteiger partial charge in [0.15, 0.2) is 6.61 Å². The fourth-order valence-corrected chi connectivity index (χ4v) is 2.13. The molecule has 1 aliphatic rings. The molecule has 4 nitrogen and oxygen atoms in total. The highest BCUT2D eigenvalue weighted by atomic mass is 35.5. The summed E-state index contributed by atoms with van der Waals surface area (Å²) < 4.78 is 42.3. The summed E-state index contributed by atoms with van der Waals surface area (Å²) in [6.45, 7) is 1.47. The van der Waals surface area contributed by atoms with Gasteiger partial charge in [0.1, 0.15) is 5.75 Å². The number of amides is 1. The van der Waals surface area contributed by atoms with Crippen molar-refractivity contribution in [2.45, 2.75) is 25.1 Å². The van der Waals surface area contributed by atoms with Gasteiger partial charge in [0.25, 0.3) is 5.91 Å². The molecule has 1 aliphatic heterocycles. The average Bonchev–Trinajstić information content (AvgIpc) is 2.46. The van der Waals surface area contributed by atoms with Gasteiger partial charge in [-0.05, 0) is 43.7 Å². The van der Waals surface area contributed by atoms with Gasteiger partial charge in [-0.15, -0.1) is 12.4 Å². The number of hydrogen-bond acceptors (Lipinski definition) is 3. The van der Waals surface area contributed by atoms with Gasteiger partial charge in [0.2, 0.25) is 0 Å². The van der Waals surface area contributed by atoms with Crippen LogP contribution in [0.4, 0.5) is 13.2 Å². The fourth-order valence-electron chi connectivity index (χ4n) is 2.13. The zero-order valence-corrected chi connectivity index (χ0v) is 12.6. The minimum Gasteiger partial charge on any atom is -0.484 e. The molecular formula is C14H18ClF3N2O2. The van der Waals surface area contributed by atoms with Gasteiger partial charge in [-0.3, -0.25) is 4.79 Å². The minimum absolute atomic E-state index is 0. The van der Waals surface area contributed by atoms with E-state index < -0.39 is 11.7 Å². The summed E-state index contributed by atoms with van der Waals surface area (Å²) >= 11 is 0. The van der Waals surface area contributed by atoms with Crippen LogP contribution in [-0.2, 0) is 11.0 Å². The molecule has 0 unspecified atom stereocenters. The molecule has 1 saturated heterocycles. The van der Waals surface area contributed by atoms with E-state index in [0.717, 1.165) is 38.1 Å². The van der Waals surface area contributed by atoms with E-state index in [2.05, 4.69) is 10.6 Å². The first-order valence-electron chi connectivity index (χ1n) is 6.75. The molecule has 1 aromatic carbocycles. The number of piperidine rings is 1. The molecule has 22 heavy (non-hydrogen) atoms. The summed E-state index contributed by atoms with van der Waals surface area (Å²) in [7, 11) is 0. The van der Waals surface area contributed by atoms with Gasteiger partial charge in [0.05, 0.1) is 5.56 Å². The third-order valence-corrected chi connectivity index (χ3v) is 3.21. The molecule has 124 valence electrons. The molecule has 8 heteroatoms. The van der Waals surface area contributed by atoms with Crippen molar-refractivity contribution in [3.8, 4) is 5.75 Å². The number of benzene rings is 1. The molecule has 0 aliphatic carbocycles. The van der Waals surface area contributed by atoms with Gasteiger partial charge in [0, 0.05) is 12.6 Å². The third-order valence-electron chi connectivity index (χ3n) is 3.21. The summed E-state index contributed by atoms with van der Waals surface area (Å²) in [6.07, 6.45) is -2.45. The summed E-state index contributed by atoms with van der Waals surface area (Å²) in [5, 5.41) is 5.99. The molecule has 0 saturated carbocycles. The topological polar surface area (TPSA) is 50.4 Å². The van der Waals surface area contributed by atoms with Gasteiger partial charge < -0.3 is 15.4 Å². The maximum Gasteiger partial charge on any atom is 0.416 e. The number of alkyl halides is 3. The predicted molar refractivity (Wildman–Crippen MR) is 78.2 cm³/mol. The zero-order valence-electron chi connectivity index (χ0n) is 11.8. The van der Waals surface area contributed by atoms with Crippen molar-refractivity contribution in [2.75, 3.05) is 19.7 Å². The van der Waals surface area contributed by atoms with Crippen molar-refractivity contribution in [2.24, 2.45) is 0 Å². The normalized spacial score (nSPS) is 18.2. The Kier molecular flexibility index (Phi) is 6.96. The lowest BCUT2D eigenvalue weighted by molar-refractivity contribution is -0.137. The molecule has 0 bridgehead atoms. The van der Waals surface area contributed by atoms with Gasteiger partial charge >= 0.3 is 6.18 Å². The van der Waals surface area contributed by atoms with Crippen molar-refractivity contribution in [3.63, 3.8) is 0 Å². The Balaban J connectivity index is 0.00000242. The van der Waals surface area contributed by atoms with E-state index in [1.807, 2.05) is 0 Å². The molecule has 2 rings (SSSR count). The molecule has 1 fully saturated rings. The van der Waals surface area contributed by atoms with Crippen LogP contribution in [0.15, 0.2) is 24.3 Å². The smallest absolute Gasteiger partial charge is 0.416 e. The van der Waals surface area contributed by atoms with Crippen LogP contribution in [0.3, 0.4) is 0 Å². The van der Waals surface area contributed by atoms with Crippen molar-refractivity contribution in [1.82, 2.24) is 10.6 Å². The first-order chi connectivity index (χ1) is 9.95. The number of hydrogen-bond donors (Lipinski definition) is 2. The van der Waals surface area contributed by atoms with E-state index in [0.29, 0.717) is 0 Å². The summed E-state index contributed by atoms with van der Waals surface area (Å²) in [6, 6.07) is 4.36. The van der Waals surface area contributed by atoms with Crippen molar-refractivity contribution < 1.29 is 22.7 Å². The Hall–Kier alpha value is -1.47. The Morgan fingerprint density at radius 1 is 1.32 bits per heavy atom. The summed E-state index contributed by atoms with van der Waals surface area (Å²) in [4.78, 5) is 11.7. The summed E-state index contributed by atoms with van der Waals surface area (Å²) in [5.74, 6) is -0.0384. The third kappa shape index (κ3) is 5.73. The van der Waals surface area contributed by atoms with E-state index in [1.165, 1.54) is 12.1 Å². The maximum atomic E-state index is 12.4. The number of rotatable bonds is 4. The number of ether oxygens (including phenoxy) is 1. The van der Waals surface area contributed by atoms with Crippen LogP contribution in [-0.4, -0.2) is 31.6 Å². The standard InChI is InChI=1S/C14H17F3N2O2.ClH/c15-14(16,17)10-3-5-12(6-4-10)21-9-13(20)19-11-2-1-7-18-8-11;/h3-6,11,18H,1-2,7-9H2,(H,19,20);1H/t11-;/m0./s1. The second-order valence-electron chi connectivity index (χ2n) is 4.92. The van der Waals surface area contributed by atoms with Gasteiger partial charge in [-0.25, -0.2) is 0 Å². The molecule has 0 aromatic heterocycles. The maximum absolute atomic E-state index is 12.4. The summed E-state index contributed by atoms with van der Waals surface area (Å²) in [5.41, 5.74) is -0.743. The largest absolute Gasteiger partial charge is 0.484 e. The second kappa shape index (κ2) is 8.24. The van der Waals surface area contributed by atoms with Crippen LogP contribution in [0, 0.1) is 0 Å². The lowest BCUT2D eigenvalue weighted by atomic mass is 10.1. The van der Waals surface area contributed by atoms with E-state index in [4.69, 9.17) is 4.74 Å². The Morgan fingerprint density at radius 2 is 2.00 bits per heavy atom. The molecular weight excluding hydrogens is 321 g/mol. The Labute approximate surface area is 132 Å². The molecule has 0 spiro atoms. The highest BCUT2D eigenvalue weighted by Gasteiger charge is 2.30.